The van der Waals surface area contributed by atoms with Crippen LogP contribution in [0.1, 0.15) is 35.1 Å². The number of aryl methyl sites for hydroxylation is 1. The van der Waals surface area contributed by atoms with Crippen molar-refractivity contribution < 1.29 is 0 Å². The van der Waals surface area contributed by atoms with Gasteiger partial charge in [0.1, 0.15) is 0 Å². The minimum absolute atomic E-state index is 0.295. The lowest BCUT2D eigenvalue weighted by Gasteiger charge is -2.38. The van der Waals surface area contributed by atoms with Gasteiger partial charge in [0.15, 0.2) is 0 Å². The van der Waals surface area contributed by atoms with Crippen LogP contribution in [-0.2, 0) is 0 Å². The second-order valence-electron chi connectivity index (χ2n) is 5.91. The van der Waals surface area contributed by atoms with E-state index in [1.54, 1.807) is 0 Å². The Balaban J connectivity index is 1.86. The number of anilines is 1. The van der Waals surface area contributed by atoms with Gasteiger partial charge in [0.25, 0.3) is 0 Å². The van der Waals surface area contributed by atoms with Crippen molar-refractivity contribution in [2.45, 2.75) is 25.3 Å². The molecule has 2 nitrogen and oxygen atoms in total. The van der Waals surface area contributed by atoms with Crippen molar-refractivity contribution in [3.8, 4) is 0 Å². The Morgan fingerprint density at radius 2 is 2.19 bits per heavy atom. The Kier molecular flexibility index (Phi) is 3.00. The molecule has 1 aromatic heterocycles. The van der Waals surface area contributed by atoms with E-state index < -0.39 is 0 Å². The number of halogens is 1. The van der Waals surface area contributed by atoms with Crippen LogP contribution in [0.5, 0.6) is 0 Å². The van der Waals surface area contributed by atoms with Gasteiger partial charge in [-0.1, -0.05) is 35.9 Å². The zero-order valence-electron chi connectivity index (χ0n) is 11.9. The number of fused-ring (bicyclic) bond motifs is 3. The standard InChI is InChI=1S/C18H17ClN2/c1-11-7-8-15(19)16-13-5-2-6-14(13)18(21-17(11)16)12-4-3-9-20-10-12/h2-5,7-10,13-14,18,21H,6H2,1H3/t13-,14+,18+/m1/s1. The van der Waals surface area contributed by atoms with E-state index in [4.69, 9.17) is 11.6 Å². The molecule has 0 radical (unpaired) electrons. The number of nitrogens with one attached hydrogen (secondary N) is 1. The Labute approximate surface area is 129 Å². The van der Waals surface area contributed by atoms with Crippen molar-refractivity contribution in [2.24, 2.45) is 5.92 Å². The SMILES string of the molecule is Cc1ccc(Cl)c2c1N[C@@H](c1cccnc1)[C@H]1CC=C[C@@H]21. The van der Waals surface area contributed by atoms with Gasteiger partial charge in [-0.15, -0.1) is 0 Å². The maximum Gasteiger partial charge on any atom is 0.0569 e. The van der Waals surface area contributed by atoms with Crippen LogP contribution in [-0.4, -0.2) is 4.98 Å². The summed E-state index contributed by atoms with van der Waals surface area (Å²) in [7, 11) is 0. The van der Waals surface area contributed by atoms with E-state index in [0.717, 1.165) is 11.4 Å². The maximum atomic E-state index is 6.49. The van der Waals surface area contributed by atoms with Gasteiger partial charge in [0, 0.05) is 34.6 Å². The fraction of sp³-hybridized carbons (Fsp3) is 0.278. The Morgan fingerprint density at radius 1 is 1.29 bits per heavy atom. The molecule has 0 unspecified atom stereocenters. The highest BCUT2D eigenvalue weighted by Gasteiger charge is 2.39. The first-order valence-electron chi connectivity index (χ1n) is 7.38. The molecule has 21 heavy (non-hydrogen) atoms. The average molecular weight is 297 g/mol. The molecule has 3 atom stereocenters. The molecule has 106 valence electrons. The van der Waals surface area contributed by atoms with Gasteiger partial charge in [-0.25, -0.2) is 0 Å². The van der Waals surface area contributed by atoms with Gasteiger partial charge in [-0.2, -0.15) is 0 Å². The van der Waals surface area contributed by atoms with Gasteiger partial charge in [0.05, 0.1) is 6.04 Å². The molecule has 2 aliphatic rings. The van der Waals surface area contributed by atoms with Crippen molar-refractivity contribution in [1.29, 1.82) is 0 Å². The van der Waals surface area contributed by atoms with Crippen LogP contribution in [0.2, 0.25) is 5.02 Å². The van der Waals surface area contributed by atoms with E-state index in [9.17, 15) is 0 Å². The van der Waals surface area contributed by atoms with E-state index >= 15 is 0 Å². The fourth-order valence-corrected chi connectivity index (χ4v) is 3.98. The van der Waals surface area contributed by atoms with Crippen LogP contribution >= 0.6 is 11.6 Å². The number of benzene rings is 1. The molecule has 2 heterocycles. The van der Waals surface area contributed by atoms with E-state index in [1.807, 2.05) is 24.5 Å². The lowest BCUT2D eigenvalue weighted by molar-refractivity contribution is 0.424. The van der Waals surface area contributed by atoms with Crippen molar-refractivity contribution in [3.05, 3.63) is 70.5 Å². The minimum Gasteiger partial charge on any atom is -0.377 e. The van der Waals surface area contributed by atoms with E-state index in [-0.39, 0.29) is 0 Å². The normalized spacial score (nSPS) is 26.1. The van der Waals surface area contributed by atoms with Crippen molar-refractivity contribution in [1.82, 2.24) is 4.98 Å². The monoisotopic (exact) mass is 296 g/mol. The summed E-state index contributed by atoms with van der Waals surface area (Å²) in [6.07, 6.45) is 9.48. The third kappa shape index (κ3) is 1.97. The third-order valence-corrected chi connectivity index (χ3v) is 5.05. The van der Waals surface area contributed by atoms with E-state index in [1.165, 1.54) is 22.4 Å². The molecule has 0 saturated heterocycles. The highest BCUT2D eigenvalue weighted by Crippen LogP contribution is 2.52. The fourth-order valence-electron chi connectivity index (χ4n) is 3.70. The second kappa shape index (κ2) is 4.88. The summed E-state index contributed by atoms with van der Waals surface area (Å²) in [6, 6.07) is 8.57. The Bertz CT molecular complexity index is 709. The summed E-state index contributed by atoms with van der Waals surface area (Å²) >= 11 is 6.49. The third-order valence-electron chi connectivity index (χ3n) is 4.72. The lowest BCUT2D eigenvalue weighted by atomic mass is 9.76. The maximum absolute atomic E-state index is 6.49. The predicted octanol–water partition coefficient (Wildman–Crippen LogP) is 4.87. The zero-order valence-corrected chi connectivity index (χ0v) is 12.6. The molecule has 0 amide bonds. The first-order valence-corrected chi connectivity index (χ1v) is 7.75. The van der Waals surface area contributed by atoms with Gasteiger partial charge in [-0.3, -0.25) is 4.98 Å². The topological polar surface area (TPSA) is 24.9 Å². The summed E-state index contributed by atoms with van der Waals surface area (Å²) in [5.74, 6) is 0.917. The van der Waals surface area contributed by atoms with E-state index in [2.05, 4.69) is 41.5 Å². The van der Waals surface area contributed by atoms with Crippen LogP contribution in [0.4, 0.5) is 5.69 Å². The molecule has 2 aromatic rings. The van der Waals surface area contributed by atoms with Gasteiger partial charge < -0.3 is 5.32 Å². The molecule has 3 heteroatoms. The summed E-state index contributed by atoms with van der Waals surface area (Å²) in [5, 5.41) is 4.60. The first kappa shape index (κ1) is 12.9. The Hall–Kier alpha value is -1.80. The zero-order chi connectivity index (χ0) is 14.4. The van der Waals surface area contributed by atoms with E-state index in [0.29, 0.717) is 17.9 Å². The van der Waals surface area contributed by atoms with Crippen molar-refractivity contribution in [2.75, 3.05) is 5.32 Å². The number of rotatable bonds is 1. The van der Waals surface area contributed by atoms with Gasteiger partial charge in [0.2, 0.25) is 0 Å². The van der Waals surface area contributed by atoms with Crippen LogP contribution in [0.3, 0.4) is 0 Å². The van der Waals surface area contributed by atoms with Crippen LogP contribution in [0, 0.1) is 12.8 Å². The number of hydrogen-bond donors (Lipinski definition) is 1. The predicted molar refractivity (Wildman–Crippen MR) is 86.8 cm³/mol. The molecule has 1 aromatic carbocycles. The number of hydrogen-bond acceptors (Lipinski definition) is 2. The number of nitrogens with zero attached hydrogens (tertiary/aromatic N) is 1. The van der Waals surface area contributed by atoms with Crippen LogP contribution in [0.15, 0.2) is 48.8 Å². The summed E-state index contributed by atoms with van der Waals surface area (Å²) in [5.41, 5.74) is 4.96. The molecule has 4 rings (SSSR count). The minimum atomic E-state index is 0.295. The summed E-state index contributed by atoms with van der Waals surface area (Å²) < 4.78 is 0. The molecular weight excluding hydrogens is 280 g/mol. The van der Waals surface area contributed by atoms with Gasteiger partial charge >= 0.3 is 0 Å². The lowest BCUT2D eigenvalue weighted by Crippen LogP contribution is -2.29. The Morgan fingerprint density at radius 3 is 3.00 bits per heavy atom. The number of aromatic nitrogens is 1. The number of allylic oxidation sites excluding steroid dienone is 2. The quantitative estimate of drug-likeness (QED) is 0.759. The molecule has 1 aliphatic heterocycles. The smallest absolute Gasteiger partial charge is 0.0569 e. The highest BCUT2D eigenvalue weighted by atomic mass is 35.5. The largest absolute Gasteiger partial charge is 0.377 e. The highest BCUT2D eigenvalue weighted by molar-refractivity contribution is 6.32. The number of pyridine rings is 1. The molecule has 0 fully saturated rings. The average Bonchev–Trinajstić information content (AvgIpc) is 3.00. The summed E-state index contributed by atoms with van der Waals surface area (Å²) in [4.78, 5) is 4.28. The van der Waals surface area contributed by atoms with Crippen molar-refractivity contribution >= 4 is 17.3 Å². The first-order chi connectivity index (χ1) is 10.3. The molecular formula is C18H17ClN2. The van der Waals surface area contributed by atoms with Crippen LogP contribution in [0.25, 0.3) is 0 Å². The molecule has 0 bridgehead atoms. The van der Waals surface area contributed by atoms with Crippen molar-refractivity contribution in [3.63, 3.8) is 0 Å². The summed E-state index contributed by atoms with van der Waals surface area (Å²) in [6.45, 7) is 2.14. The molecule has 1 N–H and O–H groups in total. The molecule has 0 saturated carbocycles. The molecule has 1 aliphatic carbocycles. The molecule has 0 spiro atoms. The van der Waals surface area contributed by atoms with Gasteiger partial charge in [-0.05, 0) is 42.5 Å². The van der Waals surface area contributed by atoms with Crippen LogP contribution < -0.4 is 5.32 Å². The second-order valence-corrected chi connectivity index (χ2v) is 6.32.